The van der Waals surface area contributed by atoms with Crippen molar-refractivity contribution in [2.45, 2.75) is 17.9 Å². The van der Waals surface area contributed by atoms with E-state index in [2.05, 4.69) is 10.0 Å². The minimum atomic E-state index is -3.63. The minimum Gasteiger partial charge on any atom is -0.345 e. The molecular formula is C15H18FN3O3S. The van der Waals surface area contributed by atoms with Gasteiger partial charge in [-0.15, -0.1) is 0 Å². The molecule has 2 rings (SSSR count). The van der Waals surface area contributed by atoms with Gasteiger partial charge in [-0.2, -0.15) is 0 Å². The highest BCUT2D eigenvalue weighted by atomic mass is 32.2. The molecule has 0 saturated heterocycles. The van der Waals surface area contributed by atoms with Gasteiger partial charge < -0.3 is 9.88 Å². The van der Waals surface area contributed by atoms with Crippen LogP contribution in [0.25, 0.3) is 0 Å². The van der Waals surface area contributed by atoms with Gasteiger partial charge >= 0.3 is 0 Å². The maximum atomic E-state index is 13.7. The Balaban J connectivity index is 2.23. The van der Waals surface area contributed by atoms with E-state index in [1.54, 1.807) is 32.2 Å². The summed E-state index contributed by atoms with van der Waals surface area (Å²) in [6.45, 7) is 1.66. The van der Waals surface area contributed by atoms with Gasteiger partial charge in [-0.3, -0.25) is 4.79 Å². The standard InChI is InChI=1S/C15H18FN3O3S/c1-10(12-6-4-5-7-13(12)16)18-15(20)14-8-11(9-19(14)3)23(21,22)17-2/h4-10,17H,1-3H3,(H,18,20). The first-order chi connectivity index (χ1) is 10.8. The Morgan fingerprint density at radius 1 is 1.30 bits per heavy atom. The Morgan fingerprint density at radius 2 is 1.96 bits per heavy atom. The lowest BCUT2D eigenvalue weighted by Gasteiger charge is -2.15. The van der Waals surface area contributed by atoms with Gasteiger partial charge in [-0.1, -0.05) is 18.2 Å². The van der Waals surface area contributed by atoms with Crippen molar-refractivity contribution in [2.24, 2.45) is 7.05 Å². The predicted molar refractivity (Wildman–Crippen MR) is 83.9 cm³/mol. The van der Waals surface area contributed by atoms with Crippen LogP contribution in [0.5, 0.6) is 0 Å². The smallest absolute Gasteiger partial charge is 0.268 e. The van der Waals surface area contributed by atoms with E-state index in [-0.39, 0.29) is 10.6 Å². The summed E-state index contributed by atoms with van der Waals surface area (Å²) >= 11 is 0. The summed E-state index contributed by atoms with van der Waals surface area (Å²) in [5, 5.41) is 2.66. The number of aryl methyl sites for hydroxylation is 1. The van der Waals surface area contributed by atoms with E-state index in [9.17, 15) is 17.6 Å². The Labute approximate surface area is 134 Å². The van der Waals surface area contributed by atoms with Crippen LogP contribution in [0, 0.1) is 5.82 Å². The molecule has 6 nitrogen and oxygen atoms in total. The zero-order valence-electron chi connectivity index (χ0n) is 13.0. The molecule has 1 unspecified atom stereocenters. The van der Waals surface area contributed by atoms with E-state index in [0.29, 0.717) is 5.56 Å². The monoisotopic (exact) mass is 339 g/mol. The lowest BCUT2D eigenvalue weighted by molar-refractivity contribution is 0.0931. The summed E-state index contributed by atoms with van der Waals surface area (Å²) in [5.41, 5.74) is 0.528. The number of aromatic nitrogens is 1. The molecule has 1 heterocycles. The average Bonchev–Trinajstić information content (AvgIpc) is 2.90. The quantitative estimate of drug-likeness (QED) is 0.868. The van der Waals surface area contributed by atoms with Gasteiger partial charge in [0, 0.05) is 18.8 Å². The molecule has 1 aromatic carbocycles. The van der Waals surface area contributed by atoms with Crippen LogP contribution < -0.4 is 10.0 Å². The van der Waals surface area contributed by atoms with Crippen molar-refractivity contribution in [3.63, 3.8) is 0 Å². The number of hydrogen-bond donors (Lipinski definition) is 2. The van der Waals surface area contributed by atoms with Crippen LogP contribution in [-0.4, -0.2) is 25.9 Å². The minimum absolute atomic E-state index is 0.00815. The molecule has 0 spiro atoms. The topological polar surface area (TPSA) is 80.2 Å². The van der Waals surface area contributed by atoms with Crippen molar-refractivity contribution < 1.29 is 17.6 Å². The maximum absolute atomic E-state index is 13.7. The molecule has 124 valence electrons. The van der Waals surface area contributed by atoms with Crippen molar-refractivity contribution in [3.8, 4) is 0 Å². The van der Waals surface area contributed by atoms with Crippen LogP contribution in [0.3, 0.4) is 0 Å². The van der Waals surface area contributed by atoms with E-state index < -0.39 is 27.8 Å². The molecule has 1 atom stereocenters. The second-order valence-electron chi connectivity index (χ2n) is 5.10. The van der Waals surface area contributed by atoms with Crippen molar-refractivity contribution in [1.29, 1.82) is 0 Å². The highest BCUT2D eigenvalue weighted by Crippen LogP contribution is 2.18. The summed E-state index contributed by atoms with van der Waals surface area (Å²) in [6, 6.07) is 6.87. The van der Waals surface area contributed by atoms with E-state index in [1.165, 1.54) is 29.9 Å². The van der Waals surface area contributed by atoms with E-state index in [4.69, 9.17) is 0 Å². The van der Waals surface area contributed by atoms with Crippen molar-refractivity contribution in [2.75, 3.05) is 7.05 Å². The number of benzene rings is 1. The predicted octanol–water partition coefficient (Wildman–Crippen LogP) is 1.56. The molecule has 0 bridgehead atoms. The van der Waals surface area contributed by atoms with Crippen molar-refractivity contribution in [3.05, 3.63) is 53.6 Å². The van der Waals surface area contributed by atoms with E-state index >= 15 is 0 Å². The van der Waals surface area contributed by atoms with Crippen LogP contribution >= 0.6 is 0 Å². The van der Waals surface area contributed by atoms with Gasteiger partial charge in [0.1, 0.15) is 16.4 Å². The fourth-order valence-corrected chi connectivity index (χ4v) is 3.00. The van der Waals surface area contributed by atoms with Crippen LogP contribution in [-0.2, 0) is 17.1 Å². The first-order valence-electron chi connectivity index (χ1n) is 6.91. The zero-order chi connectivity index (χ0) is 17.2. The molecule has 0 aliphatic rings. The average molecular weight is 339 g/mol. The first kappa shape index (κ1) is 17.2. The molecule has 0 fully saturated rings. The molecule has 23 heavy (non-hydrogen) atoms. The number of nitrogens with zero attached hydrogens (tertiary/aromatic N) is 1. The lowest BCUT2D eigenvalue weighted by Crippen LogP contribution is -2.28. The summed E-state index contributed by atoms with van der Waals surface area (Å²) < 4.78 is 40.9. The van der Waals surface area contributed by atoms with E-state index in [1.807, 2.05) is 0 Å². The lowest BCUT2D eigenvalue weighted by atomic mass is 10.1. The number of amides is 1. The number of hydrogen-bond acceptors (Lipinski definition) is 3. The highest BCUT2D eigenvalue weighted by Gasteiger charge is 2.21. The third-order valence-corrected chi connectivity index (χ3v) is 4.89. The van der Waals surface area contributed by atoms with Gasteiger partial charge in [-0.25, -0.2) is 17.5 Å². The second kappa shape index (κ2) is 6.51. The number of halogens is 1. The first-order valence-corrected chi connectivity index (χ1v) is 8.39. The fourth-order valence-electron chi connectivity index (χ4n) is 2.20. The van der Waals surface area contributed by atoms with Gasteiger partial charge in [0.05, 0.1) is 6.04 Å². The Bertz CT molecular complexity index is 830. The number of carbonyl (C=O) groups excluding carboxylic acids is 1. The Morgan fingerprint density at radius 3 is 2.57 bits per heavy atom. The highest BCUT2D eigenvalue weighted by molar-refractivity contribution is 7.89. The van der Waals surface area contributed by atoms with Gasteiger partial charge in [0.15, 0.2) is 0 Å². The van der Waals surface area contributed by atoms with Crippen LogP contribution in [0.1, 0.15) is 29.0 Å². The maximum Gasteiger partial charge on any atom is 0.268 e. The molecule has 0 aliphatic carbocycles. The number of rotatable bonds is 5. The fraction of sp³-hybridized carbons (Fsp3) is 0.267. The molecule has 8 heteroatoms. The molecule has 2 N–H and O–H groups in total. The molecular weight excluding hydrogens is 321 g/mol. The van der Waals surface area contributed by atoms with Crippen molar-refractivity contribution in [1.82, 2.24) is 14.6 Å². The molecule has 0 aliphatic heterocycles. The molecule has 2 aromatic rings. The SMILES string of the molecule is CNS(=O)(=O)c1cc(C(=O)NC(C)c2ccccc2F)n(C)c1. The van der Waals surface area contributed by atoms with Crippen LogP contribution in [0.2, 0.25) is 0 Å². The van der Waals surface area contributed by atoms with E-state index in [0.717, 1.165) is 0 Å². The normalized spacial score (nSPS) is 12.9. The van der Waals surface area contributed by atoms with Gasteiger partial charge in [0.2, 0.25) is 10.0 Å². The number of nitrogens with one attached hydrogen (secondary N) is 2. The van der Waals surface area contributed by atoms with Crippen LogP contribution in [0.15, 0.2) is 41.4 Å². The molecule has 0 saturated carbocycles. The number of carbonyl (C=O) groups is 1. The number of sulfonamides is 1. The summed E-state index contributed by atoms with van der Waals surface area (Å²) in [6.07, 6.45) is 1.34. The second-order valence-corrected chi connectivity index (χ2v) is 6.98. The van der Waals surface area contributed by atoms with Gasteiger partial charge in [0.25, 0.3) is 5.91 Å². The Hall–Kier alpha value is -2.19. The summed E-state index contributed by atoms with van der Waals surface area (Å²) in [7, 11) is -0.771. The molecule has 1 aromatic heterocycles. The third kappa shape index (κ3) is 3.59. The van der Waals surface area contributed by atoms with Crippen LogP contribution in [0.4, 0.5) is 4.39 Å². The Kier molecular flexibility index (Phi) is 4.86. The summed E-state index contributed by atoms with van der Waals surface area (Å²) in [5.74, 6) is -0.897. The summed E-state index contributed by atoms with van der Waals surface area (Å²) in [4.78, 5) is 12.3. The van der Waals surface area contributed by atoms with Gasteiger partial charge in [-0.05, 0) is 26.1 Å². The zero-order valence-corrected chi connectivity index (χ0v) is 13.8. The molecule has 1 amide bonds. The molecule has 0 radical (unpaired) electrons. The third-order valence-electron chi connectivity index (χ3n) is 3.51. The largest absolute Gasteiger partial charge is 0.345 e. The van der Waals surface area contributed by atoms with Crippen molar-refractivity contribution >= 4 is 15.9 Å².